The number of carbonyl (C=O) groups is 2. The van der Waals surface area contributed by atoms with Crippen LogP contribution in [0, 0.1) is 0 Å². The van der Waals surface area contributed by atoms with Crippen molar-refractivity contribution >= 4 is 73.9 Å². The average molecular weight is 484 g/mol. The number of halogens is 6. The van der Waals surface area contributed by atoms with Crippen LogP contribution in [-0.2, 0) is 15.7 Å². The number of rotatable bonds is 4. The van der Waals surface area contributed by atoms with Crippen molar-refractivity contribution in [3.8, 4) is 0 Å². The van der Waals surface area contributed by atoms with E-state index in [2.05, 4.69) is 10.3 Å². The number of benzene rings is 1. The quantitative estimate of drug-likeness (QED) is 0.457. The van der Waals surface area contributed by atoms with Gasteiger partial charge in [0.25, 0.3) is 5.91 Å². The fourth-order valence-corrected chi connectivity index (χ4v) is 4.11. The first kappa shape index (κ1) is 21.6. The van der Waals surface area contributed by atoms with Gasteiger partial charge in [-0.15, -0.1) is 11.3 Å². The largest absolute Gasteiger partial charge is 0.451 e. The van der Waals surface area contributed by atoms with Gasteiger partial charge in [0.2, 0.25) is 0 Å². The molecule has 0 fully saturated rings. The SMILES string of the molecule is O=C(COC(=O)c1sc2cc(Cl)ccc2c1Cl)Nc1ncc(C(F)(F)F)cc1Cl. The van der Waals surface area contributed by atoms with Crippen LogP contribution in [0.5, 0.6) is 0 Å². The van der Waals surface area contributed by atoms with Crippen LogP contribution in [0.3, 0.4) is 0 Å². The van der Waals surface area contributed by atoms with Crippen molar-refractivity contribution in [3.05, 3.63) is 56.0 Å². The monoisotopic (exact) mass is 482 g/mol. The number of esters is 1. The van der Waals surface area contributed by atoms with Crippen LogP contribution in [0.1, 0.15) is 15.2 Å². The number of hydrogen-bond acceptors (Lipinski definition) is 5. The molecule has 0 aliphatic heterocycles. The number of anilines is 1. The number of hydrogen-bond donors (Lipinski definition) is 1. The van der Waals surface area contributed by atoms with Crippen molar-refractivity contribution in [3.63, 3.8) is 0 Å². The highest BCUT2D eigenvalue weighted by Crippen LogP contribution is 2.37. The van der Waals surface area contributed by atoms with E-state index in [-0.39, 0.29) is 15.7 Å². The third-order valence-corrected chi connectivity index (χ3v) is 5.70. The summed E-state index contributed by atoms with van der Waals surface area (Å²) in [5.41, 5.74) is -1.06. The lowest BCUT2D eigenvalue weighted by Crippen LogP contribution is -2.21. The van der Waals surface area contributed by atoms with Gasteiger partial charge in [0.15, 0.2) is 12.4 Å². The molecule has 0 aliphatic rings. The summed E-state index contributed by atoms with van der Waals surface area (Å²) in [7, 11) is 0. The van der Waals surface area contributed by atoms with Crippen LogP contribution in [-0.4, -0.2) is 23.5 Å². The summed E-state index contributed by atoms with van der Waals surface area (Å²) in [5.74, 6) is -1.98. The number of fused-ring (bicyclic) bond motifs is 1. The van der Waals surface area contributed by atoms with Gasteiger partial charge < -0.3 is 10.1 Å². The van der Waals surface area contributed by atoms with E-state index in [0.717, 1.165) is 11.3 Å². The van der Waals surface area contributed by atoms with E-state index in [1.807, 2.05) is 0 Å². The molecule has 3 aromatic rings. The Morgan fingerprint density at radius 2 is 1.90 bits per heavy atom. The number of ether oxygens (including phenoxy) is 1. The maximum Gasteiger partial charge on any atom is 0.417 e. The van der Waals surface area contributed by atoms with Crippen LogP contribution in [0.2, 0.25) is 15.1 Å². The van der Waals surface area contributed by atoms with Gasteiger partial charge in [-0.25, -0.2) is 9.78 Å². The van der Waals surface area contributed by atoms with Crippen LogP contribution in [0.15, 0.2) is 30.5 Å². The molecule has 1 amide bonds. The maximum atomic E-state index is 12.6. The number of amides is 1. The van der Waals surface area contributed by atoms with E-state index in [1.54, 1.807) is 18.2 Å². The van der Waals surface area contributed by atoms with Crippen LogP contribution < -0.4 is 5.32 Å². The molecule has 0 atom stereocenters. The van der Waals surface area contributed by atoms with Crippen molar-refractivity contribution < 1.29 is 27.5 Å². The fourth-order valence-electron chi connectivity index (χ4n) is 2.22. The van der Waals surface area contributed by atoms with Crippen molar-refractivity contribution in [2.24, 2.45) is 0 Å². The Balaban J connectivity index is 1.65. The minimum absolute atomic E-state index is 0.0856. The Labute approximate surface area is 180 Å². The Morgan fingerprint density at radius 1 is 1.17 bits per heavy atom. The topological polar surface area (TPSA) is 68.3 Å². The molecule has 152 valence electrons. The zero-order valence-corrected chi connectivity index (χ0v) is 17.0. The molecule has 1 N–H and O–H groups in total. The molecule has 0 saturated carbocycles. The van der Waals surface area contributed by atoms with Crippen LogP contribution >= 0.6 is 46.1 Å². The maximum absolute atomic E-state index is 12.6. The Kier molecular flexibility index (Phi) is 6.23. The molecule has 2 heterocycles. The smallest absolute Gasteiger partial charge is 0.417 e. The van der Waals surface area contributed by atoms with E-state index in [1.165, 1.54) is 0 Å². The minimum atomic E-state index is -4.62. The average Bonchev–Trinajstić information content (AvgIpc) is 2.96. The summed E-state index contributed by atoms with van der Waals surface area (Å²) in [5, 5.41) is 3.00. The number of nitrogens with zero attached hydrogens (tertiary/aromatic N) is 1. The summed E-state index contributed by atoms with van der Waals surface area (Å²) < 4.78 is 43.4. The van der Waals surface area contributed by atoms with Crippen molar-refractivity contribution in [2.75, 3.05) is 11.9 Å². The van der Waals surface area contributed by atoms with Gasteiger partial charge in [-0.05, 0) is 18.2 Å². The summed E-state index contributed by atoms with van der Waals surface area (Å²) >= 11 is 18.8. The Hall–Kier alpha value is -2.07. The minimum Gasteiger partial charge on any atom is -0.451 e. The van der Waals surface area contributed by atoms with Gasteiger partial charge >= 0.3 is 12.1 Å². The molecule has 0 unspecified atom stereocenters. The van der Waals surface area contributed by atoms with Gasteiger partial charge in [-0.3, -0.25) is 4.79 Å². The predicted octanol–water partition coefficient (Wildman–Crippen LogP) is 6.07. The van der Waals surface area contributed by atoms with Crippen molar-refractivity contribution in [2.45, 2.75) is 6.18 Å². The van der Waals surface area contributed by atoms with E-state index in [4.69, 9.17) is 39.5 Å². The molecule has 5 nitrogen and oxygen atoms in total. The summed E-state index contributed by atoms with van der Waals surface area (Å²) in [6.07, 6.45) is -4.10. The molecule has 0 bridgehead atoms. The van der Waals surface area contributed by atoms with E-state index in [0.29, 0.717) is 27.4 Å². The number of aromatic nitrogens is 1. The molecule has 2 aromatic heterocycles. The zero-order chi connectivity index (χ0) is 21.3. The Morgan fingerprint density at radius 3 is 2.55 bits per heavy atom. The highest BCUT2D eigenvalue weighted by molar-refractivity contribution is 7.21. The lowest BCUT2D eigenvalue weighted by Gasteiger charge is -2.10. The molecule has 3 rings (SSSR count). The highest BCUT2D eigenvalue weighted by atomic mass is 35.5. The standard InChI is InChI=1S/C17H8Cl3F3N2O3S/c18-8-1-2-9-11(4-8)29-14(13(9)20)16(27)28-6-12(26)25-15-10(19)3-7(5-24-15)17(21,22)23/h1-5H,6H2,(H,24,25,26). The first-order valence-electron chi connectivity index (χ1n) is 7.63. The van der Waals surface area contributed by atoms with Crippen LogP contribution in [0.4, 0.5) is 19.0 Å². The van der Waals surface area contributed by atoms with E-state index in [9.17, 15) is 22.8 Å². The summed E-state index contributed by atoms with van der Waals surface area (Å²) in [4.78, 5) is 27.7. The second kappa shape index (κ2) is 8.35. The van der Waals surface area contributed by atoms with E-state index >= 15 is 0 Å². The van der Waals surface area contributed by atoms with Gasteiger partial charge in [0.05, 0.1) is 15.6 Å². The highest BCUT2D eigenvalue weighted by Gasteiger charge is 2.31. The number of pyridine rings is 1. The first-order valence-corrected chi connectivity index (χ1v) is 9.58. The summed E-state index contributed by atoms with van der Waals surface area (Å²) in [6.45, 7) is -0.719. The van der Waals surface area contributed by atoms with Gasteiger partial charge in [0, 0.05) is 21.3 Å². The van der Waals surface area contributed by atoms with E-state index < -0.39 is 35.2 Å². The van der Waals surface area contributed by atoms with Gasteiger partial charge in [0.1, 0.15) is 4.88 Å². The number of carbonyl (C=O) groups excluding carboxylic acids is 2. The second-order valence-electron chi connectivity index (χ2n) is 5.56. The second-order valence-corrected chi connectivity index (χ2v) is 7.84. The van der Waals surface area contributed by atoms with Crippen LogP contribution in [0.25, 0.3) is 10.1 Å². The van der Waals surface area contributed by atoms with Gasteiger partial charge in [-0.2, -0.15) is 13.2 Å². The van der Waals surface area contributed by atoms with Crippen molar-refractivity contribution in [1.82, 2.24) is 4.98 Å². The molecule has 0 aliphatic carbocycles. The lowest BCUT2D eigenvalue weighted by molar-refractivity contribution is -0.137. The van der Waals surface area contributed by atoms with Gasteiger partial charge in [-0.1, -0.05) is 40.9 Å². The molecular formula is C17H8Cl3F3N2O3S. The zero-order valence-electron chi connectivity index (χ0n) is 13.9. The third-order valence-electron chi connectivity index (χ3n) is 3.54. The molecule has 0 radical (unpaired) electrons. The number of thiophene rings is 1. The predicted molar refractivity (Wildman–Crippen MR) is 105 cm³/mol. The normalized spacial score (nSPS) is 11.5. The molecule has 1 aromatic carbocycles. The molecule has 12 heteroatoms. The van der Waals surface area contributed by atoms with Crippen molar-refractivity contribution in [1.29, 1.82) is 0 Å². The molecule has 0 saturated heterocycles. The fraction of sp³-hybridized carbons (Fsp3) is 0.118. The Bertz CT molecular complexity index is 1120. The lowest BCUT2D eigenvalue weighted by atomic mass is 10.2. The molecular weight excluding hydrogens is 476 g/mol. The third kappa shape index (κ3) is 4.92. The molecule has 0 spiro atoms. The molecule has 29 heavy (non-hydrogen) atoms. The first-order chi connectivity index (χ1) is 13.6. The number of alkyl halides is 3. The number of nitrogens with one attached hydrogen (secondary N) is 1. The summed E-state index contributed by atoms with van der Waals surface area (Å²) in [6, 6.07) is 5.53.